The molecular formula is C9H10N4OS. The molecule has 6 heteroatoms. The first kappa shape index (κ1) is 9.85. The Bertz CT molecular complexity index is 421. The molecular weight excluding hydrogens is 212 g/mol. The van der Waals surface area contributed by atoms with E-state index in [-0.39, 0.29) is 0 Å². The molecule has 0 saturated heterocycles. The van der Waals surface area contributed by atoms with Crippen LogP contribution in [0.4, 0.5) is 5.95 Å². The summed E-state index contributed by atoms with van der Waals surface area (Å²) in [5.41, 5.74) is 0. The highest BCUT2D eigenvalue weighted by Crippen LogP contribution is 2.22. The molecule has 2 rings (SSSR count). The van der Waals surface area contributed by atoms with Crippen LogP contribution in [0, 0.1) is 0 Å². The third-order valence-corrected chi connectivity index (χ3v) is 2.63. The Kier molecular flexibility index (Phi) is 2.77. The lowest BCUT2D eigenvalue weighted by molar-refractivity contribution is 0.379. The first-order valence-corrected chi connectivity index (χ1v) is 5.23. The zero-order valence-corrected chi connectivity index (χ0v) is 9.21. The molecule has 0 spiro atoms. The number of hydrogen-bond acceptors (Lipinski definition) is 6. The highest BCUT2D eigenvalue weighted by atomic mass is 32.1. The number of anilines is 1. The van der Waals surface area contributed by atoms with E-state index in [4.69, 9.17) is 4.74 Å². The lowest BCUT2D eigenvalue weighted by Crippen LogP contribution is -2.02. The number of thiophene rings is 1. The van der Waals surface area contributed by atoms with Crippen LogP contribution in [0.15, 0.2) is 17.5 Å². The lowest BCUT2D eigenvalue weighted by atomic mass is 10.4. The van der Waals surface area contributed by atoms with E-state index in [0.29, 0.717) is 17.8 Å². The zero-order valence-electron chi connectivity index (χ0n) is 8.39. The quantitative estimate of drug-likeness (QED) is 0.855. The van der Waals surface area contributed by atoms with Crippen LogP contribution in [-0.2, 0) is 0 Å². The fourth-order valence-electron chi connectivity index (χ4n) is 1.08. The summed E-state index contributed by atoms with van der Waals surface area (Å²) in [4.78, 5) is 13.4. The van der Waals surface area contributed by atoms with Crippen molar-refractivity contribution in [3.8, 4) is 16.7 Å². The van der Waals surface area contributed by atoms with E-state index in [1.54, 1.807) is 18.4 Å². The molecule has 78 valence electrons. The number of methoxy groups -OCH3 is 1. The van der Waals surface area contributed by atoms with Gasteiger partial charge in [-0.25, -0.2) is 0 Å². The van der Waals surface area contributed by atoms with E-state index < -0.39 is 0 Å². The van der Waals surface area contributed by atoms with Crippen molar-refractivity contribution >= 4 is 17.3 Å². The van der Waals surface area contributed by atoms with Crippen LogP contribution in [-0.4, -0.2) is 29.1 Å². The van der Waals surface area contributed by atoms with Gasteiger partial charge in [0.2, 0.25) is 5.95 Å². The maximum atomic E-state index is 5.00. The van der Waals surface area contributed by atoms with Gasteiger partial charge in [0.25, 0.3) is 0 Å². The maximum absolute atomic E-state index is 5.00. The van der Waals surface area contributed by atoms with Gasteiger partial charge >= 0.3 is 6.01 Å². The lowest BCUT2D eigenvalue weighted by Gasteiger charge is -2.03. The molecule has 15 heavy (non-hydrogen) atoms. The van der Waals surface area contributed by atoms with Gasteiger partial charge in [-0.1, -0.05) is 6.07 Å². The Balaban J connectivity index is 2.47. The maximum Gasteiger partial charge on any atom is 0.321 e. The second-order valence-corrected chi connectivity index (χ2v) is 3.64. The summed E-state index contributed by atoms with van der Waals surface area (Å²) in [6, 6.07) is 4.23. The van der Waals surface area contributed by atoms with Crippen LogP contribution in [0.3, 0.4) is 0 Å². The van der Waals surface area contributed by atoms with E-state index >= 15 is 0 Å². The van der Waals surface area contributed by atoms with Crippen LogP contribution in [0.1, 0.15) is 0 Å². The Morgan fingerprint density at radius 3 is 2.80 bits per heavy atom. The summed E-state index contributed by atoms with van der Waals surface area (Å²) in [7, 11) is 3.29. The van der Waals surface area contributed by atoms with Gasteiger partial charge < -0.3 is 10.1 Å². The molecule has 0 saturated carbocycles. The van der Waals surface area contributed by atoms with E-state index in [9.17, 15) is 0 Å². The molecule has 0 aliphatic heterocycles. The SMILES string of the molecule is CNc1nc(OC)nc(-c2cccs2)n1. The number of rotatable bonds is 3. The van der Waals surface area contributed by atoms with Crippen LogP contribution >= 0.6 is 11.3 Å². The van der Waals surface area contributed by atoms with Gasteiger partial charge in [-0.3, -0.25) is 0 Å². The van der Waals surface area contributed by atoms with Crippen molar-refractivity contribution in [3.05, 3.63) is 17.5 Å². The molecule has 0 unspecified atom stereocenters. The van der Waals surface area contributed by atoms with Crippen LogP contribution in [0.2, 0.25) is 0 Å². The van der Waals surface area contributed by atoms with Crippen molar-refractivity contribution < 1.29 is 4.74 Å². The zero-order chi connectivity index (χ0) is 10.7. The van der Waals surface area contributed by atoms with Crippen molar-refractivity contribution in [2.24, 2.45) is 0 Å². The molecule has 2 aromatic heterocycles. The average molecular weight is 222 g/mol. The van der Waals surface area contributed by atoms with E-state index in [0.717, 1.165) is 4.88 Å². The molecule has 0 atom stereocenters. The molecule has 0 aliphatic carbocycles. The molecule has 0 bridgehead atoms. The van der Waals surface area contributed by atoms with Gasteiger partial charge in [-0.05, 0) is 11.4 Å². The Morgan fingerprint density at radius 1 is 1.33 bits per heavy atom. The monoisotopic (exact) mass is 222 g/mol. The van der Waals surface area contributed by atoms with Gasteiger partial charge in [0.1, 0.15) is 0 Å². The summed E-state index contributed by atoms with van der Waals surface area (Å²) < 4.78 is 5.00. The van der Waals surface area contributed by atoms with Crippen LogP contribution < -0.4 is 10.1 Å². The molecule has 0 fully saturated rings. The minimum absolute atomic E-state index is 0.317. The van der Waals surface area contributed by atoms with Crippen molar-refractivity contribution in [1.29, 1.82) is 0 Å². The second-order valence-electron chi connectivity index (χ2n) is 2.70. The molecule has 0 amide bonds. The van der Waals surface area contributed by atoms with Gasteiger partial charge in [-0.2, -0.15) is 15.0 Å². The summed E-state index contributed by atoms with van der Waals surface area (Å²) in [6.07, 6.45) is 0. The van der Waals surface area contributed by atoms with E-state index in [2.05, 4.69) is 20.3 Å². The van der Waals surface area contributed by atoms with Crippen molar-refractivity contribution in [2.45, 2.75) is 0 Å². The first-order chi connectivity index (χ1) is 7.33. The molecule has 2 heterocycles. The number of aromatic nitrogens is 3. The van der Waals surface area contributed by atoms with E-state index in [1.165, 1.54) is 7.11 Å². The largest absolute Gasteiger partial charge is 0.467 e. The molecule has 0 radical (unpaired) electrons. The van der Waals surface area contributed by atoms with Gasteiger partial charge in [-0.15, -0.1) is 11.3 Å². The van der Waals surface area contributed by atoms with E-state index in [1.807, 2.05) is 17.5 Å². The topological polar surface area (TPSA) is 59.9 Å². The minimum atomic E-state index is 0.317. The second kappa shape index (κ2) is 4.22. The minimum Gasteiger partial charge on any atom is -0.467 e. The number of ether oxygens (including phenoxy) is 1. The fourth-order valence-corrected chi connectivity index (χ4v) is 1.73. The number of nitrogens with one attached hydrogen (secondary N) is 1. The highest BCUT2D eigenvalue weighted by molar-refractivity contribution is 7.13. The predicted octanol–water partition coefficient (Wildman–Crippen LogP) is 1.65. The molecule has 0 aromatic carbocycles. The summed E-state index contributed by atoms with van der Waals surface area (Å²) in [6.45, 7) is 0. The summed E-state index contributed by atoms with van der Waals surface area (Å²) in [5, 5.41) is 4.84. The normalized spacial score (nSPS) is 10.0. The summed E-state index contributed by atoms with van der Waals surface area (Å²) in [5.74, 6) is 1.13. The first-order valence-electron chi connectivity index (χ1n) is 4.35. The predicted molar refractivity (Wildman–Crippen MR) is 59.2 cm³/mol. The third-order valence-electron chi connectivity index (χ3n) is 1.76. The molecule has 1 N–H and O–H groups in total. The molecule has 5 nitrogen and oxygen atoms in total. The van der Waals surface area contributed by atoms with Gasteiger partial charge in [0.15, 0.2) is 5.82 Å². The average Bonchev–Trinajstić information content (AvgIpc) is 2.81. The molecule has 2 aromatic rings. The number of hydrogen-bond donors (Lipinski definition) is 1. The Morgan fingerprint density at radius 2 is 2.20 bits per heavy atom. The van der Waals surface area contributed by atoms with Crippen LogP contribution in [0.25, 0.3) is 10.7 Å². The fraction of sp³-hybridized carbons (Fsp3) is 0.222. The Labute approximate surface area is 91.2 Å². The van der Waals surface area contributed by atoms with Crippen molar-refractivity contribution in [2.75, 3.05) is 19.5 Å². The van der Waals surface area contributed by atoms with Gasteiger partial charge in [0, 0.05) is 7.05 Å². The van der Waals surface area contributed by atoms with Crippen LogP contribution in [0.5, 0.6) is 6.01 Å². The number of nitrogens with zero attached hydrogens (tertiary/aromatic N) is 3. The van der Waals surface area contributed by atoms with Crippen molar-refractivity contribution in [1.82, 2.24) is 15.0 Å². The smallest absolute Gasteiger partial charge is 0.321 e. The van der Waals surface area contributed by atoms with Gasteiger partial charge in [0.05, 0.1) is 12.0 Å². The standard InChI is InChI=1S/C9H10N4OS/c1-10-8-11-7(6-4-3-5-15-6)12-9(13-8)14-2/h3-5H,1-2H3,(H,10,11,12,13). The Hall–Kier alpha value is -1.69. The highest BCUT2D eigenvalue weighted by Gasteiger charge is 2.08. The third kappa shape index (κ3) is 2.04. The summed E-state index contributed by atoms with van der Waals surface area (Å²) >= 11 is 1.58. The van der Waals surface area contributed by atoms with Crippen molar-refractivity contribution in [3.63, 3.8) is 0 Å². The molecule has 0 aliphatic rings.